The maximum absolute atomic E-state index is 2.56. The van der Waals surface area contributed by atoms with E-state index in [-0.39, 0.29) is 0 Å². The molecule has 322 valence electrons. The van der Waals surface area contributed by atoms with E-state index in [4.69, 9.17) is 0 Å². The zero-order valence-corrected chi connectivity index (χ0v) is 38.2. The largest absolute Gasteiger partial charge is 0.310 e. The summed E-state index contributed by atoms with van der Waals surface area (Å²) in [6, 6.07) is 73.4. The van der Waals surface area contributed by atoms with E-state index in [0.717, 1.165) is 0 Å². The summed E-state index contributed by atoms with van der Waals surface area (Å²) >= 11 is 0. The van der Waals surface area contributed by atoms with Gasteiger partial charge in [0.2, 0.25) is 0 Å². The highest BCUT2D eigenvalue weighted by atomic mass is 15.2. The highest BCUT2D eigenvalue weighted by Crippen LogP contribution is 2.50. The molecule has 2 nitrogen and oxygen atoms in total. The highest BCUT2D eigenvalue weighted by Gasteiger charge is 2.26. The summed E-state index contributed by atoms with van der Waals surface area (Å²) in [5.41, 5.74) is 17.7. The van der Waals surface area contributed by atoms with Crippen molar-refractivity contribution >= 4 is 66.4 Å². The van der Waals surface area contributed by atoms with Crippen LogP contribution in [0.1, 0.15) is 85.5 Å². The summed E-state index contributed by atoms with van der Waals surface area (Å²) in [5.74, 6) is 1.23. The second-order valence-electron chi connectivity index (χ2n) is 19.0. The molecule has 0 amide bonds. The van der Waals surface area contributed by atoms with Gasteiger partial charge in [0, 0.05) is 33.5 Å². The van der Waals surface area contributed by atoms with Gasteiger partial charge >= 0.3 is 0 Å². The molecule has 66 heavy (non-hydrogen) atoms. The van der Waals surface area contributed by atoms with Gasteiger partial charge in [0.1, 0.15) is 0 Å². The second-order valence-corrected chi connectivity index (χ2v) is 19.0. The van der Waals surface area contributed by atoms with Gasteiger partial charge in [-0.3, -0.25) is 0 Å². The number of benzene rings is 10. The molecule has 0 aliphatic heterocycles. The monoisotopic (exact) mass is 852 g/mol. The molecule has 0 bridgehead atoms. The van der Waals surface area contributed by atoms with Gasteiger partial charge in [-0.2, -0.15) is 0 Å². The van der Waals surface area contributed by atoms with Gasteiger partial charge in [-0.25, -0.2) is 0 Å². The van der Waals surface area contributed by atoms with Gasteiger partial charge in [0.15, 0.2) is 0 Å². The third-order valence-electron chi connectivity index (χ3n) is 15.3. The van der Waals surface area contributed by atoms with Crippen molar-refractivity contribution in [1.82, 2.24) is 0 Å². The Morgan fingerprint density at radius 3 is 1.17 bits per heavy atom. The van der Waals surface area contributed by atoms with Gasteiger partial charge in [0.05, 0.1) is 11.4 Å². The van der Waals surface area contributed by atoms with E-state index < -0.39 is 0 Å². The van der Waals surface area contributed by atoms with Crippen LogP contribution in [0.5, 0.6) is 0 Å². The first kappa shape index (κ1) is 40.4. The Hall–Kier alpha value is -7.16. The quantitative estimate of drug-likeness (QED) is 0.127. The number of rotatable bonds is 10. The van der Waals surface area contributed by atoms with Crippen LogP contribution in [-0.2, 0) is 0 Å². The zero-order valence-electron chi connectivity index (χ0n) is 38.2. The number of anilines is 6. The van der Waals surface area contributed by atoms with Crippen LogP contribution >= 0.6 is 0 Å². The molecular weight excluding hydrogens is 797 g/mol. The first-order chi connectivity index (χ1) is 32.6. The first-order valence-electron chi connectivity index (χ1n) is 24.4. The first-order valence-corrected chi connectivity index (χ1v) is 24.4. The molecule has 0 heterocycles. The van der Waals surface area contributed by atoms with Crippen LogP contribution in [0, 0.1) is 13.8 Å². The molecule has 0 aromatic heterocycles. The maximum atomic E-state index is 2.56. The van der Waals surface area contributed by atoms with Crippen molar-refractivity contribution < 1.29 is 0 Å². The Labute approximate surface area is 390 Å². The second kappa shape index (κ2) is 17.0. The van der Waals surface area contributed by atoms with Gasteiger partial charge in [-0.15, -0.1) is 0 Å². The normalized spacial score (nSPS) is 14.5. The minimum Gasteiger partial charge on any atom is -0.310 e. The van der Waals surface area contributed by atoms with Crippen molar-refractivity contribution in [3.63, 3.8) is 0 Å². The van der Waals surface area contributed by atoms with E-state index in [0.29, 0.717) is 11.8 Å². The predicted octanol–water partition coefficient (Wildman–Crippen LogP) is 18.8. The minimum atomic E-state index is 0.613. The van der Waals surface area contributed by atoms with Gasteiger partial charge < -0.3 is 9.80 Å². The van der Waals surface area contributed by atoms with E-state index in [1.807, 2.05) is 0 Å². The molecule has 0 atom stereocenters. The number of hydrogen-bond donors (Lipinski definition) is 0. The fourth-order valence-electron chi connectivity index (χ4n) is 11.9. The van der Waals surface area contributed by atoms with E-state index >= 15 is 0 Å². The lowest BCUT2D eigenvalue weighted by Gasteiger charge is -2.31. The molecule has 2 heteroatoms. The Kier molecular flexibility index (Phi) is 10.4. The third-order valence-corrected chi connectivity index (χ3v) is 15.3. The molecule has 0 unspecified atom stereocenters. The standard InChI is InChI=1S/C64H56N2/c1-43-55(47-21-5-3-6-22-47)29-15-31-59(43)65(53-27-13-25-51(41-53)45-17-9-10-18-45)61-39-35-49-34-38-58-62(40-36-50-33-37-57(61)63(49)64(50)58)66(54-28-14-26-52(42-54)46-19-11-12-20-46)60-32-16-30-56(44(60)2)48-23-7-4-8-24-48/h3-8,13-16,21-42,45-46H,9-12,17-20H2,1-2H3. The van der Waals surface area contributed by atoms with Crippen LogP contribution in [0.25, 0.3) is 54.6 Å². The van der Waals surface area contributed by atoms with Crippen molar-refractivity contribution in [1.29, 1.82) is 0 Å². The molecule has 2 saturated carbocycles. The van der Waals surface area contributed by atoms with Gasteiger partial charge in [0.25, 0.3) is 0 Å². The van der Waals surface area contributed by atoms with Crippen LogP contribution in [0.3, 0.4) is 0 Å². The Bertz CT molecular complexity index is 3130. The Balaban J connectivity index is 1.09. The molecule has 0 saturated heterocycles. The summed E-state index contributed by atoms with van der Waals surface area (Å²) < 4.78 is 0. The fraction of sp³-hybridized carbons (Fsp3) is 0.188. The summed E-state index contributed by atoms with van der Waals surface area (Å²) in [4.78, 5) is 5.12. The van der Waals surface area contributed by atoms with E-state index in [1.54, 1.807) is 0 Å². The molecule has 10 aromatic rings. The average molecular weight is 853 g/mol. The highest BCUT2D eigenvalue weighted by molar-refractivity contribution is 6.28. The summed E-state index contributed by atoms with van der Waals surface area (Å²) in [5, 5.41) is 7.66. The SMILES string of the molecule is Cc1c(-c2ccccc2)cccc1N(c1cccc(C2CCCC2)c1)c1ccc2ccc3c(N(c4cccc(C5CCCC5)c4)c4cccc(-c5ccccc5)c4C)ccc4ccc1c2c43. The van der Waals surface area contributed by atoms with Crippen molar-refractivity contribution in [3.05, 3.63) is 216 Å². The van der Waals surface area contributed by atoms with Crippen molar-refractivity contribution in [3.8, 4) is 22.3 Å². The molecule has 10 aromatic carbocycles. The molecular formula is C64H56N2. The maximum Gasteiger partial charge on any atom is 0.0540 e. The molecule has 0 N–H and O–H groups in total. The van der Waals surface area contributed by atoms with Crippen LogP contribution in [0.2, 0.25) is 0 Å². The molecule has 12 rings (SSSR count). The lowest BCUT2D eigenvalue weighted by molar-refractivity contribution is 0.723. The summed E-state index contributed by atoms with van der Waals surface area (Å²) in [6.07, 6.45) is 10.3. The van der Waals surface area contributed by atoms with E-state index in [2.05, 4.69) is 218 Å². The summed E-state index contributed by atoms with van der Waals surface area (Å²) in [6.45, 7) is 4.61. The van der Waals surface area contributed by atoms with Crippen LogP contribution in [0.15, 0.2) is 194 Å². The zero-order chi connectivity index (χ0) is 44.1. The average Bonchev–Trinajstić information content (AvgIpc) is 4.13. The van der Waals surface area contributed by atoms with Crippen LogP contribution in [-0.4, -0.2) is 0 Å². The third kappa shape index (κ3) is 7.02. The summed E-state index contributed by atoms with van der Waals surface area (Å²) in [7, 11) is 0. The lowest BCUT2D eigenvalue weighted by atomic mass is 9.90. The fourth-order valence-corrected chi connectivity index (χ4v) is 11.9. The Morgan fingerprint density at radius 1 is 0.348 bits per heavy atom. The van der Waals surface area contributed by atoms with Crippen molar-refractivity contribution in [2.75, 3.05) is 9.80 Å². The molecule has 0 radical (unpaired) electrons. The Morgan fingerprint density at radius 2 is 0.742 bits per heavy atom. The predicted molar refractivity (Wildman–Crippen MR) is 282 cm³/mol. The van der Waals surface area contributed by atoms with Crippen LogP contribution < -0.4 is 9.80 Å². The number of hydrogen-bond acceptors (Lipinski definition) is 2. The smallest absolute Gasteiger partial charge is 0.0540 e. The lowest BCUT2D eigenvalue weighted by Crippen LogP contribution is -2.14. The van der Waals surface area contributed by atoms with Crippen LogP contribution in [0.4, 0.5) is 34.1 Å². The van der Waals surface area contributed by atoms with Crippen molar-refractivity contribution in [2.24, 2.45) is 0 Å². The topological polar surface area (TPSA) is 6.48 Å². The van der Waals surface area contributed by atoms with Gasteiger partial charge in [-0.1, -0.05) is 171 Å². The van der Waals surface area contributed by atoms with E-state index in [1.165, 1.54) is 162 Å². The molecule has 2 fully saturated rings. The minimum absolute atomic E-state index is 0.613. The van der Waals surface area contributed by atoms with Gasteiger partial charge in [-0.05, 0) is 166 Å². The molecule has 2 aliphatic rings. The molecule has 0 spiro atoms. The van der Waals surface area contributed by atoms with E-state index in [9.17, 15) is 0 Å². The van der Waals surface area contributed by atoms with Crippen molar-refractivity contribution in [2.45, 2.75) is 77.0 Å². The number of nitrogens with zero attached hydrogens (tertiary/aromatic N) is 2. The molecule has 2 aliphatic carbocycles.